The van der Waals surface area contributed by atoms with Gasteiger partial charge in [0.15, 0.2) is 0 Å². The Morgan fingerprint density at radius 2 is 2.04 bits per heavy atom. The fourth-order valence-electron chi connectivity index (χ4n) is 2.90. The standard InChI is InChI=1S/C14H19N3O5S/c18-10-5-6-11(19)17(10)22-12(20)4-2-1-3-9-13-8(7-23-9)15-14(21)16-13/h5-6,8-9,13,18-19H,1-4,7H2,(H2,15,16,21)/t8?,9-,13?/m0/s1. The Bertz CT molecular complexity index is 586. The second-order valence-corrected chi connectivity index (χ2v) is 6.95. The summed E-state index contributed by atoms with van der Waals surface area (Å²) < 4.78 is 0.694. The molecular weight excluding hydrogens is 322 g/mol. The second kappa shape index (κ2) is 6.61. The van der Waals surface area contributed by atoms with Gasteiger partial charge >= 0.3 is 12.0 Å². The molecule has 2 unspecified atom stereocenters. The number of aromatic nitrogens is 1. The van der Waals surface area contributed by atoms with Gasteiger partial charge in [-0.25, -0.2) is 9.59 Å². The number of carbonyl (C=O) groups excluding carboxylic acids is 2. The van der Waals surface area contributed by atoms with Crippen molar-refractivity contribution >= 4 is 23.8 Å². The van der Waals surface area contributed by atoms with Gasteiger partial charge in [-0.3, -0.25) is 0 Å². The summed E-state index contributed by atoms with van der Waals surface area (Å²) in [6.45, 7) is 0. The molecule has 2 amide bonds. The molecule has 2 saturated heterocycles. The van der Waals surface area contributed by atoms with Crippen LogP contribution in [-0.2, 0) is 4.79 Å². The van der Waals surface area contributed by atoms with Gasteiger partial charge in [-0.15, -0.1) is 4.73 Å². The number of nitrogens with one attached hydrogen (secondary N) is 2. The summed E-state index contributed by atoms with van der Waals surface area (Å²) >= 11 is 1.84. The van der Waals surface area contributed by atoms with Crippen molar-refractivity contribution in [2.24, 2.45) is 0 Å². The summed E-state index contributed by atoms with van der Waals surface area (Å²) in [5, 5.41) is 25.0. The maximum Gasteiger partial charge on any atom is 0.333 e. The molecule has 0 saturated carbocycles. The van der Waals surface area contributed by atoms with Gasteiger partial charge in [0, 0.05) is 29.6 Å². The van der Waals surface area contributed by atoms with Crippen molar-refractivity contribution in [2.75, 3.05) is 5.75 Å². The molecule has 0 aliphatic carbocycles. The van der Waals surface area contributed by atoms with Crippen molar-refractivity contribution in [2.45, 2.75) is 43.0 Å². The number of unbranched alkanes of at least 4 members (excludes halogenated alkanes) is 1. The third-order valence-electron chi connectivity index (χ3n) is 4.05. The van der Waals surface area contributed by atoms with E-state index in [0.717, 1.165) is 18.6 Å². The number of urea groups is 1. The van der Waals surface area contributed by atoms with E-state index in [2.05, 4.69) is 10.6 Å². The van der Waals surface area contributed by atoms with E-state index in [1.807, 2.05) is 11.8 Å². The molecule has 9 heteroatoms. The second-order valence-electron chi connectivity index (χ2n) is 5.68. The average Bonchev–Trinajstić information content (AvgIpc) is 3.14. The smallest absolute Gasteiger partial charge is 0.333 e. The number of carbonyl (C=O) groups is 2. The number of thioether (sulfide) groups is 1. The molecule has 1 aromatic heterocycles. The topological polar surface area (TPSA) is 113 Å². The highest BCUT2D eigenvalue weighted by molar-refractivity contribution is 8.00. The molecule has 0 bridgehead atoms. The Balaban J connectivity index is 1.37. The normalized spacial score (nSPS) is 25.7. The van der Waals surface area contributed by atoms with Gasteiger partial charge in [-0.1, -0.05) is 6.42 Å². The molecule has 3 atom stereocenters. The van der Waals surface area contributed by atoms with Crippen molar-refractivity contribution in [1.29, 1.82) is 0 Å². The van der Waals surface area contributed by atoms with Crippen LogP contribution in [-0.4, -0.2) is 50.0 Å². The lowest BCUT2D eigenvalue weighted by Crippen LogP contribution is -2.36. The lowest BCUT2D eigenvalue weighted by atomic mass is 10.0. The van der Waals surface area contributed by atoms with Gasteiger partial charge in [-0.05, 0) is 12.8 Å². The van der Waals surface area contributed by atoms with Crippen LogP contribution < -0.4 is 15.5 Å². The Morgan fingerprint density at radius 3 is 2.78 bits per heavy atom. The monoisotopic (exact) mass is 341 g/mol. The van der Waals surface area contributed by atoms with Crippen molar-refractivity contribution in [3.05, 3.63) is 12.1 Å². The Kier molecular flexibility index (Phi) is 4.56. The lowest BCUT2D eigenvalue weighted by molar-refractivity contribution is -0.145. The number of nitrogens with zero attached hydrogens (tertiary/aromatic N) is 1. The number of hydrogen-bond acceptors (Lipinski definition) is 6. The fourth-order valence-corrected chi connectivity index (χ4v) is 4.44. The van der Waals surface area contributed by atoms with Crippen LogP contribution in [0.25, 0.3) is 0 Å². The van der Waals surface area contributed by atoms with E-state index < -0.39 is 5.97 Å². The summed E-state index contributed by atoms with van der Waals surface area (Å²) in [5.41, 5.74) is 0. The largest absolute Gasteiger partial charge is 0.492 e. The maximum absolute atomic E-state index is 11.7. The zero-order chi connectivity index (χ0) is 16.4. The molecule has 4 N–H and O–H groups in total. The van der Waals surface area contributed by atoms with Crippen molar-refractivity contribution in [3.8, 4) is 11.8 Å². The maximum atomic E-state index is 11.7. The van der Waals surface area contributed by atoms with Crippen LogP contribution in [0.4, 0.5) is 4.79 Å². The predicted octanol–water partition coefficient (Wildman–Crippen LogP) is 0.580. The molecule has 1 aromatic rings. The molecule has 8 nitrogen and oxygen atoms in total. The Hall–Kier alpha value is -2.03. The van der Waals surface area contributed by atoms with E-state index in [4.69, 9.17) is 4.84 Å². The molecule has 23 heavy (non-hydrogen) atoms. The van der Waals surface area contributed by atoms with Gasteiger partial charge in [0.1, 0.15) is 0 Å². The molecule has 2 fully saturated rings. The van der Waals surface area contributed by atoms with E-state index in [-0.39, 0.29) is 36.3 Å². The quantitative estimate of drug-likeness (QED) is 0.445. The van der Waals surface area contributed by atoms with Crippen LogP contribution in [0.15, 0.2) is 12.1 Å². The molecule has 0 radical (unpaired) electrons. The van der Waals surface area contributed by atoms with Gasteiger partial charge in [0.05, 0.1) is 12.1 Å². The highest BCUT2D eigenvalue weighted by Crippen LogP contribution is 2.33. The molecule has 0 aromatic carbocycles. The van der Waals surface area contributed by atoms with Crippen LogP contribution in [0.3, 0.4) is 0 Å². The highest BCUT2D eigenvalue weighted by Gasteiger charge is 2.42. The first kappa shape index (κ1) is 15.9. The minimum absolute atomic E-state index is 0.0970. The molecule has 2 aliphatic rings. The first-order chi connectivity index (χ1) is 11.0. The summed E-state index contributed by atoms with van der Waals surface area (Å²) in [7, 11) is 0. The van der Waals surface area contributed by atoms with Crippen LogP contribution in [0.2, 0.25) is 0 Å². The first-order valence-corrected chi connectivity index (χ1v) is 8.59. The van der Waals surface area contributed by atoms with Crippen LogP contribution in [0.1, 0.15) is 25.7 Å². The fraction of sp³-hybridized carbons (Fsp3) is 0.571. The van der Waals surface area contributed by atoms with E-state index in [1.54, 1.807) is 0 Å². The Labute approximate surface area is 137 Å². The van der Waals surface area contributed by atoms with E-state index >= 15 is 0 Å². The zero-order valence-corrected chi connectivity index (χ0v) is 13.2. The SMILES string of the molecule is O=C1NC2CS[C@@H](CCCCC(=O)On3c(O)ccc3O)C2N1. The predicted molar refractivity (Wildman–Crippen MR) is 83.3 cm³/mol. The summed E-state index contributed by atoms with van der Waals surface area (Å²) in [6.07, 6.45) is 2.61. The van der Waals surface area contributed by atoms with Crippen molar-refractivity contribution < 1.29 is 24.6 Å². The summed E-state index contributed by atoms with van der Waals surface area (Å²) in [4.78, 5) is 27.9. The Morgan fingerprint density at radius 1 is 1.30 bits per heavy atom. The third-order valence-corrected chi connectivity index (χ3v) is 5.56. The van der Waals surface area contributed by atoms with Crippen molar-refractivity contribution in [3.63, 3.8) is 0 Å². The number of amides is 2. The average molecular weight is 341 g/mol. The van der Waals surface area contributed by atoms with E-state index in [1.165, 1.54) is 12.1 Å². The lowest BCUT2D eigenvalue weighted by Gasteiger charge is -2.16. The van der Waals surface area contributed by atoms with E-state index in [0.29, 0.717) is 16.4 Å². The molecule has 3 rings (SSSR count). The van der Waals surface area contributed by atoms with Gasteiger partial charge in [0.2, 0.25) is 11.8 Å². The number of aromatic hydroxyl groups is 2. The first-order valence-electron chi connectivity index (χ1n) is 7.54. The van der Waals surface area contributed by atoms with Gasteiger partial charge in [0.25, 0.3) is 0 Å². The van der Waals surface area contributed by atoms with Crippen LogP contribution in [0, 0.1) is 0 Å². The number of hydrogen-bond donors (Lipinski definition) is 4. The van der Waals surface area contributed by atoms with Crippen molar-refractivity contribution in [1.82, 2.24) is 15.4 Å². The molecule has 126 valence electrons. The number of fused-ring (bicyclic) bond motifs is 1. The minimum atomic E-state index is -0.514. The molecule has 3 heterocycles. The minimum Gasteiger partial charge on any atom is -0.492 e. The zero-order valence-electron chi connectivity index (χ0n) is 12.4. The molecular formula is C14H19N3O5S. The number of rotatable bonds is 6. The van der Waals surface area contributed by atoms with Crippen LogP contribution in [0.5, 0.6) is 11.8 Å². The molecule has 2 aliphatic heterocycles. The van der Waals surface area contributed by atoms with Crippen LogP contribution >= 0.6 is 11.8 Å². The third kappa shape index (κ3) is 3.49. The van der Waals surface area contributed by atoms with Gasteiger partial charge < -0.3 is 25.7 Å². The van der Waals surface area contributed by atoms with Gasteiger partial charge in [-0.2, -0.15) is 11.8 Å². The molecule has 0 spiro atoms. The summed E-state index contributed by atoms with van der Waals surface area (Å²) in [5.74, 6) is -0.246. The van der Waals surface area contributed by atoms with E-state index in [9.17, 15) is 19.8 Å². The highest BCUT2D eigenvalue weighted by atomic mass is 32.2. The summed E-state index contributed by atoms with van der Waals surface area (Å²) in [6, 6.07) is 2.76.